The third-order valence-corrected chi connectivity index (χ3v) is 2.13. The fourth-order valence-electron chi connectivity index (χ4n) is 1.32. The lowest BCUT2D eigenvalue weighted by Crippen LogP contribution is -2.06. The van der Waals surface area contributed by atoms with Crippen LogP contribution < -0.4 is 0 Å². The minimum atomic E-state index is -0.432. The summed E-state index contributed by atoms with van der Waals surface area (Å²) in [5, 5.41) is 8.74. The van der Waals surface area contributed by atoms with Crippen LogP contribution in [0.2, 0.25) is 0 Å². The van der Waals surface area contributed by atoms with E-state index < -0.39 is 5.97 Å². The highest BCUT2D eigenvalue weighted by molar-refractivity contribution is 5.81. The lowest BCUT2D eigenvalue weighted by atomic mass is 10.1. The molecule has 0 aliphatic rings. The molecule has 0 aliphatic heterocycles. The molecule has 0 heterocycles. The molecule has 0 bridgehead atoms. The Morgan fingerprint density at radius 2 is 2.12 bits per heavy atom. The number of carbonyl (C=O) groups is 1. The van der Waals surface area contributed by atoms with Gasteiger partial charge in [0, 0.05) is 6.08 Å². The quantitative estimate of drug-likeness (QED) is 0.600. The van der Waals surface area contributed by atoms with Crippen molar-refractivity contribution in [3.63, 3.8) is 0 Å². The number of hydrogen-bond donors (Lipinski definition) is 1. The molecule has 0 aromatic heterocycles. The average Bonchev–Trinajstić information content (AvgIpc) is 2.39. The Bertz CT molecular complexity index is 359. The molecule has 0 aliphatic carbocycles. The van der Waals surface area contributed by atoms with Gasteiger partial charge in [0.15, 0.2) is 0 Å². The van der Waals surface area contributed by atoms with E-state index in [9.17, 15) is 4.79 Å². The molecule has 92 valence electrons. The molecule has 0 fully saturated rings. The minimum Gasteiger partial charge on any atom is -0.466 e. The van der Waals surface area contributed by atoms with Gasteiger partial charge in [-0.2, -0.15) is 0 Å². The van der Waals surface area contributed by atoms with Crippen LogP contribution in [0.4, 0.5) is 0 Å². The molecule has 17 heavy (non-hydrogen) atoms. The topological polar surface area (TPSA) is 55.8 Å². The molecule has 1 aromatic carbocycles. The fraction of sp³-hybridized carbons (Fsp3) is 0.308. The largest absolute Gasteiger partial charge is 0.466 e. The Hall–Kier alpha value is -1.65. The molecule has 4 nitrogen and oxygen atoms in total. The van der Waals surface area contributed by atoms with Crippen LogP contribution in [0.25, 0.3) is 0 Å². The van der Waals surface area contributed by atoms with Crippen molar-refractivity contribution in [3.8, 4) is 0 Å². The van der Waals surface area contributed by atoms with Gasteiger partial charge >= 0.3 is 5.97 Å². The van der Waals surface area contributed by atoms with Crippen molar-refractivity contribution in [2.75, 3.05) is 20.3 Å². The first kappa shape index (κ1) is 13.4. The third kappa shape index (κ3) is 4.80. The second-order valence-electron chi connectivity index (χ2n) is 3.31. The molecule has 1 atom stereocenters. The Balaban J connectivity index is 2.74. The molecule has 0 saturated carbocycles. The summed E-state index contributed by atoms with van der Waals surface area (Å²) in [6.07, 6.45) is 2.56. The Kier molecular flexibility index (Phi) is 5.99. The van der Waals surface area contributed by atoms with Crippen LogP contribution in [0.5, 0.6) is 0 Å². The number of hydrogen-bond acceptors (Lipinski definition) is 4. The smallest absolute Gasteiger partial charge is 0.330 e. The van der Waals surface area contributed by atoms with E-state index in [-0.39, 0.29) is 19.3 Å². The van der Waals surface area contributed by atoms with E-state index in [1.165, 1.54) is 13.2 Å². The number of aliphatic hydroxyl groups is 1. The van der Waals surface area contributed by atoms with Crippen molar-refractivity contribution >= 4 is 5.97 Å². The van der Waals surface area contributed by atoms with Crippen LogP contribution in [0.3, 0.4) is 0 Å². The number of rotatable bonds is 6. The third-order valence-electron chi connectivity index (χ3n) is 2.13. The second-order valence-corrected chi connectivity index (χ2v) is 3.31. The number of esters is 1. The van der Waals surface area contributed by atoms with Crippen LogP contribution in [0, 0.1) is 0 Å². The van der Waals surface area contributed by atoms with Gasteiger partial charge in [-0.15, -0.1) is 0 Å². The standard InChI is InChI=1S/C13H16O4/c1-16-13(15)8-7-12(17-10-9-14)11-5-3-2-4-6-11/h2-8,12,14H,9-10H2,1H3/b8-7+. The highest BCUT2D eigenvalue weighted by atomic mass is 16.5. The first-order valence-electron chi connectivity index (χ1n) is 5.31. The molecule has 1 aromatic rings. The summed E-state index contributed by atoms with van der Waals surface area (Å²) in [4.78, 5) is 11.0. The van der Waals surface area contributed by atoms with Crippen molar-refractivity contribution in [2.45, 2.75) is 6.10 Å². The molecule has 0 amide bonds. The van der Waals surface area contributed by atoms with E-state index in [2.05, 4.69) is 4.74 Å². The van der Waals surface area contributed by atoms with Crippen LogP contribution in [-0.2, 0) is 14.3 Å². The molecule has 0 spiro atoms. The Morgan fingerprint density at radius 1 is 1.41 bits per heavy atom. The van der Waals surface area contributed by atoms with Gasteiger partial charge in [0.2, 0.25) is 0 Å². The summed E-state index contributed by atoms with van der Waals surface area (Å²) >= 11 is 0. The first-order chi connectivity index (χ1) is 8.27. The number of methoxy groups -OCH3 is 1. The van der Waals surface area contributed by atoms with E-state index in [1.807, 2.05) is 30.3 Å². The molecule has 1 N–H and O–H groups in total. The van der Waals surface area contributed by atoms with E-state index in [1.54, 1.807) is 6.08 Å². The Labute approximate surface area is 100 Å². The van der Waals surface area contributed by atoms with Crippen LogP contribution in [-0.4, -0.2) is 31.4 Å². The predicted molar refractivity (Wildman–Crippen MR) is 63.4 cm³/mol. The zero-order chi connectivity index (χ0) is 12.5. The number of benzene rings is 1. The van der Waals surface area contributed by atoms with Gasteiger partial charge in [-0.3, -0.25) is 0 Å². The summed E-state index contributed by atoms with van der Waals surface area (Å²) in [5.41, 5.74) is 0.918. The van der Waals surface area contributed by atoms with Crippen molar-refractivity contribution in [1.82, 2.24) is 0 Å². The van der Waals surface area contributed by atoms with Crippen LogP contribution in [0.15, 0.2) is 42.5 Å². The van der Waals surface area contributed by atoms with E-state index in [4.69, 9.17) is 9.84 Å². The summed E-state index contributed by atoms with van der Waals surface area (Å²) in [6.45, 7) is 0.153. The van der Waals surface area contributed by atoms with Crippen molar-refractivity contribution in [3.05, 3.63) is 48.0 Å². The molecular weight excluding hydrogens is 220 g/mol. The molecule has 0 radical (unpaired) electrons. The van der Waals surface area contributed by atoms with Gasteiger partial charge in [-0.05, 0) is 11.6 Å². The van der Waals surface area contributed by atoms with Crippen molar-refractivity contribution in [1.29, 1.82) is 0 Å². The lowest BCUT2D eigenvalue weighted by molar-refractivity contribution is -0.134. The van der Waals surface area contributed by atoms with Crippen molar-refractivity contribution < 1.29 is 19.4 Å². The number of ether oxygens (including phenoxy) is 2. The van der Waals surface area contributed by atoms with E-state index in [0.29, 0.717) is 0 Å². The van der Waals surface area contributed by atoms with Gasteiger partial charge in [-0.25, -0.2) is 4.79 Å². The van der Waals surface area contributed by atoms with Crippen molar-refractivity contribution in [2.24, 2.45) is 0 Å². The van der Waals surface area contributed by atoms with Gasteiger partial charge in [-0.1, -0.05) is 30.3 Å². The second kappa shape index (κ2) is 7.60. The molecule has 4 heteroatoms. The zero-order valence-electron chi connectivity index (χ0n) is 9.70. The zero-order valence-corrected chi connectivity index (χ0v) is 9.70. The number of aliphatic hydroxyl groups excluding tert-OH is 1. The maximum atomic E-state index is 11.0. The summed E-state index contributed by atoms with van der Waals surface area (Å²) in [5.74, 6) is -0.432. The van der Waals surface area contributed by atoms with Gasteiger partial charge in [0.25, 0.3) is 0 Å². The van der Waals surface area contributed by atoms with Gasteiger partial charge in [0.1, 0.15) is 6.10 Å². The van der Waals surface area contributed by atoms with Crippen LogP contribution >= 0.6 is 0 Å². The van der Waals surface area contributed by atoms with E-state index in [0.717, 1.165) is 5.56 Å². The van der Waals surface area contributed by atoms with Gasteiger partial charge in [0.05, 0.1) is 20.3 Å². The fourth-order valence-corrected chi connectivity index (χ4v) is 1.32. The molecule has 0 saturated heterocycles. The molecular formula is C13H16O4. The molecule has 1 rings (SSSR count). The highest BCUT2D eigenvalue weighted by Gasteiger charge is 2.08. The monoisotopic (exact) mass is 236 g/mol. The maximum absolute atomic E-state index is 11.0. The average molecular weight is 236 g/mol. The summed E-state index contributed by atoms with van der Waals surface area (Å²) < 4.78 is 9.94. The Morgan fingerprint density at radius 3 is 2.71 bits per heavy atom. The minimum absolute atomic E-state index is 0.0601. The summed E-state index contributed by atoms with van der Waals surface area (Å²) in [6, 6.07) is 9.46. The predicted octanol–water partition coefficient (Wildman–Crippen LogP) is 1.47. The normalized spacial score (nSPS) is 12.6. The highest BCUT2D eigenvalue weighted by Crippen LogP contribution is 2.18. The first-order valence-corrected chi connectivity index (χ1v) is 5.31. The SMILES string of the molecule is COC(=O)/C=C/C(OCCO)c1ccccc1. The lowest BCUT2D eigenvalue weighted by Gasteiger charge is -2.13. The summed E-state index contributed by atoms with van der Waals surface area (Å²) in [7, 11) is 1.32. The van der Waals surface area contributed by atoms with Gasteiger partial charge < -0.3 is 14.6 Å². The molecule has 1 unspecified atom stereocenters. The maximum Gasteiger partial charge on any atom is 0.330 e. The van der Waals surface area contributed by atoms with E-state index >= 15 is 0 Å². The van der Waals surface area contributed by atoms with Crippen LogP contribution in [0.1, 0.15) is 11.7 Å². The number of carbonyl (C=O) groups excluding carboxylic acids is 1.